The minimum atomic E-state index is -0.254. The second-order valence-electron chi connectivity index (χ2n) is 8.03. The van der Waals surface area contributed by atoms with Gasteiger partial charge in [0.05, 0.1) is 5.41 Å². The molecule has 1 N–H and O–H groups in total. The second-order valence-corrected chi connectivity index (χ2v) is 8.03. The zero-order valence-corrected chi connectivity index (χ0v) is 15.6. The minimum Gasteiger partial charge on any atom is -0.355 e. The second kappa shape index (κ2) is 7.24. The summed E-state index contributed by atoms with van der Waals surface area (Å²) in [5.74, 6) is 0.791. The van der Waals surface area contributed by atoms with Gasteiger partial charge in [-0.3, -0.25) is 9.69 Å². The molecule has 0 aromatic heterocycles. The summed E-state index contributed by atoms with van der Waals surface area (Å²) in [4.78, 5) is 15.3. The number of nitrogens with zero attached hydrogens (tertiary/aromatic N) is 1. The molecule has 1 aliphatic heterocycles. The van der Waals surface area contributed by atoms with Gasteiger partial charge in [0.25, 0.3) is 0 Å². The van der Waals surface area contributed by atoms with E-state index >= 15 is 0 Å². The fraction of sp³-hybridized carbons (Fsp3) is 0.435. The lowest BCUT2D eigenvalue weighted by Crippen LogP contribution is -2.38. The number of aryl methyl sites for hydroxylation is 1. The largest absolute Gasteiger partial charge is 0.355 e. The quantitative estimate of drug-likeness (QED) is 0.864. The monoisotopic (exact) mass is 348 g/mol. The van der Waals surface area contributed by atoms with E-state index in [9.17, 15) is 4.79 Å². The first kappa shape index (κ1) is 17.3. The normalized spacial score (nSPS) is 21.5. The van der Waals surface area contributed by atoms with Crippen LogP contribution in [0.4, 0.5) is 0 Å². The highest BCUT2D eigenvalue weighted by Gasteiger charge is 2.51. The SMILES string of the molecule is Cc1ccc(C2(C(=O)NC[C@H]3CCN(Cc4ccccc4)C3)CC2)cc1. The maximum Gasteiger partial charge on any atom is 0.230 e. The third-order valence-corrected chi connectivity index (χ3v) is 5.96. The van der Waals surface area contributed by atoms with E-state index in [4.69, 9.17) is 0 Å². The molecule has 0 spiro atoms. The average molecular weight is 348 g/mol. The summed E-state index contributed by atoms with van der Waals surface area (Å²) in [6.45, 7) is 6.10. The van der Waals surface area contributed by atoms with Gasteiger partial charge in [-0.15, -0.1) is 0 Å². The summed E-state index contributed by atoms with van der Waals surface area (Å²) in [5, 5.41) is 3.26. The number of carbonyl (C=O) groups is 1. The van der Waals surface area contributed by atoms with E-state index in [1.54, 1.807) is 0 Å². The highest BCUT2D eigenvalue weighted by Crippen LogP contribution is 2.48. The number of likely N-dealkylation sites (tertiary alicyclic amines) is 1. The molecule has 0 unspecified atom stereocenters. The molecule has 1 aliphatic carbocycles. The fourth-order valence-corrected chi connectivity index (χ4v) is 4.12. The van der Waals surface area contributed by atoms with Crippen LogP contribution in [-0.4, -0.2) is 30.4 Å². The van der Waals surface area contributed by atoms with Gasteiger partial charge in [-0.1, -0.05) is 60.2 Å². The number of carbonyl (C=O) groups excluding carboxylic acids is 1. The predicted octanol–water partition coefficient (Wildman–Crippen LogP) is 3.66. The Balaban J connectivity index is 1.28. The Kier molecular flexibility index (Phi) is 4.82. The first-order chi connectivity index (χ1) is 12.7. The van der Waals surface area contributed by atoms with Crippen LogP contribution in [0.2, 0.25) is 0 Å². The lowest BCUT2D eigenvalue weighted by molar-refractivity contribution is -0.123. The van der Waals surface area contributed by atoms with Gasteiger partial charge in [-0.25, -0.2) is 0 Å². The van der Waals surface area contributed by atoms with Crippen LogP contribution in [0, 0.1) is 12.8 Å². The number of rotatable bonds is 6. The van der Waals surface area contributed by atoms with Gasteiger partial charge >= 0.3 is 0 Å². The molecule has 2 aromatic carbocycles. The van der Waals surface area contributed by atoms with Gasteiger partial charge in [-0.2, -0.15) is 0 Å². The van der Waals surface area contributed by atoms with E-state index in [0.717, 1.165) is 39.0 Å². The van der Waals surface area contributed by atoms with Crippen molar-refractivity contribution in [1.82, 2.24) is 10.2 Å². The van der Waals surface area contributed by atoms with Gasteiger partial charge in [0, 0.05) is 19.6 Å². The van der Waals surface area contributed by atoms with Crippen LogP contribution >= 0.6 is 0 Å². The maximum absolute atomic E-state index is 12.8. The van der Waals surface area contributed by atoms with Crippen molar-refractivity contribution in [3.05, 3.63) is 71.3 Å². The van der Waals surface area contributed by atoms with E-state index in [1.165, 1.54) is 23.1 Å². The van der Waals surface area contributed by atoms with Gasteiger partial charge in [0.2, 0.25) is 5.91 Å². The molecule has 2 aliphatic rings. The molecule has 26 heavy (non-hydrogen) atoms. The van der Waals surface area contributed by atoms with Crippen molar-refractivity contribution in [1.29, 1.82) is 0 Å². The highest BCUT2D eigenvalue weighted by atomic mass is 16.2. The van der Waals surface area contributed by atoms with E-state index in [-0.39, 0.29) is 11.3 Å². The Labute approximate surface area is 156 Å². The number of amides is 1. The Morgan fingerprint density at radius 1 is 1.12 bits per heavy atom. The van der Waals surface area contributed by atoms with Crippen molar-refractivity contribution in [3.8, 4) is 0 Å². The van der Waals surface area contributed by atoms with E-state index in [1.807, 2.05) is 0 Å². The van der Waals surface area contributed by atoms with Crippen molar-refractivity contribution in [2.45, 2.75) is 38.1 Å². The molecule has 2 aromatic rings. The first-order valence-electron chi connectivity index (χ1n) is 9.77. The average Bonchev–Trinajstić information content (AvgIpc) is 3.36. The summed E-state index contributed by atoms with van der Waals surface area (Å²) < 4.78 is 0. The molecule has 3 heteroatoms. The number of benzene rings is 2. The van der Waals surface area contributed by atoms with Crippen molar-refractivity contribution in [2.75, 3.05) is 19.6 Å². The molecule has 1 heterocycles. The molecule has 4 rings (SSSR count). The highest BCUT2D eigenvalue weighted by molar-refractivity contribution is 5.91. The van der Waals surface area contributed by atoms with Crippen LogP contribution in [0.15, 0.2) is 54.6 Å². The Morgan fingerprint density at radius 2 is 1.85 bits per heavy atom. The third kappa shape index (κ3) is 3.68. The zero-order valence-electron chi connectivity index (χ0n) is 15.6. The summed E-state index contributed by atoms with van der Waals surface area (Å²) in [5.41, 5.74) is 3.54. The van der Waals surface area contributed by atoms with Gasteiger partial charge in [0.1, 0.15) is 0 Å². The molecule has 1 saturated heterocycles. The number of nitrogens with one attached hydrogen (secondary N) is 1. The molecular formula is C23H28N2O. The summed E-state index contributed by atoms with van der Waals surface area (Å²) >= 11 is 0. The fourth-order valence-electron chi connectivity index (χ4n) is 4.12. The first-order valence-corrected chi connectivity index (χ1v) is 9.77. The molecule has 1 atom stereocenters. The molecule has 0 bridgehead atoms. The smallest absolute Gasteiger partial charge is 0.230 e. The summed E-state index contributed by atoms with van der Waals surface area (Å²) in [7, 11) is 0. The lowest BCUT2D eigenvalue weighted by atomic mass is 9.94. The van der Waals surface area contributed by atoms with Crippen LogP contribution in [0.1, 0.15) is 36.0 Å². The Hall–Kier alpha value is -2.13. The number of hydrogen-bond acceptors (Lipinski definition) is 2. The van der Waals surface area contributed by atoms with Gasteiger partial charge < -0.3 is 5.32 Å². The van der Waals surface area contributed by atoms with Crippen LogP contribution in [0.5, 0.6) is 0 Å². The predicted molar refractivity (Wildman–Crippen MR) is 105 cm³/mol. The van der Waals surface area contributed by atoms with E-state index in [0.29, 0.717) is 5.92 Å². The van der Waals surface area contributed by atoms with Crippen LogP contribution in [0.3, 0.4) is 0 Å². The van der Waals surface area contributed by atoms with Crippen molar-refractivity contribution < 1.29 is 4.79 Å². The number of hydrogen-bond donors (Lipinski definition) is 1. The minimum absolute atomic E-state index is 0.225. The van der Waals surface area contributed by atoms with E-state index < -0.39 is 0 Å². The molecule has 0 radical (unpaired) electrons. The van der Waals surface area contributed by atoms with Crippen LogP contribution in [0.25, 0.3) is 0 Å². The van der Waals surface area contributed by atoms with Gasteiger partial charge in [-0.05, 0) is 49.8 Å². The summed E-state index contributed by atoms with van der Waals surface area (Å²) in [6.07, 6.45) is 3.13. The summed E-state index contributed by atoms with van der Waals surface area (Å²) in [6, 6.07) is 19.1. The van der Waals surface area contributed by atoms with E-state index in [2.05, 4.69) is 71.7 Å². The van der Waals surface area contributed by atoms with Crippen molar-refractivity contribution in [2.24, 2.45) is 5.92 Å². The lowest BCUT2D eigenvalue weighted by Gasteiger charge is -2.19. The topological polar surface area (TPSA) is 32.3 Å². The molecule has 136 valence electrons. The van der Waals surface area contributed by atoms with Gasteiger partial charge in [0.15, 0.2) is 0 Å². The van der Waals surface area contributed by atoms with Crippen LogP contribution in [-0.2, 0) is 16.8 Å². The Bertz CT molecular complexity index is 750. The standard InChI is InChI=1S/C23H28N2O/c1-18-7-9-21(10-8-18)23(12-13-23)22(26)24-15-20-11-14-25(17-20)16-19-5-3-2-4-6-19/h2-10,20H,11-17H2,1H3,(H,24,26)/t20-/m1/s1. The van der Waals surface area contributed by atoms with Crippen molar-refractivity contribution in [3.63, 3.8) is 0 Å². The Morgan fingerprint density at radius 3 is 2.54 bits per heavy atom. The third-order valence-electron chi connectivity index (χ3n) is 5.96. The molecule has 2 fully saturated rings. The molecule has 1 amide bonds. The molecule has 3 nitrogen and oxygen atoms in total. The maximum atomic E-state index is 12.8. The molecular weight excluding hydrogens is 320 g/mol. The van der Waals surface area contributed by atoms with Crippen molar-refractivity contribution >= 4 is 5.91 Å². The van der Waals surface area contributed by atoms with Crippen LogP contribution < -0.4 is 5.32 Å². The molecule has 1 saturated carbocycles. The zero-order chi connectivity index (χ0) is 18.0.